The topological polar surface area (TPSA) is 114 Å². The first-order valence-electron chi connectivity index (χ1n) is 22.5. The van der Waals surface area contributed by atoms with E-state index >= 15 is 0 Å². The molecule has 2 N–H and O–H groups in total. The Morgan fingerprint density at radius 2 is 0.946 bits per heavy atom. The highest BCUT2D eigenvalue weighted by Gasteiger charge is 2.10. The van der Waals surface area contributed by atoms with Crippen LogP contribution in [0.1, 0.15) is 197 Å². The Bertz CT molecular complexity index is 1200. The molecule has 1 aromatic carbocycles. The Hall–Kier alpha value is -3.20. The zero-order chi connectivity index (χ0) is 40.9. The molecule has 0 aliphatic carbocycles. The molecule has 0 aliphatic rings. The minimum absolute atomic E-state index is 0.0829. The first-order valence-corrected chi connectivity index (χ1v) is 22.5. The van der Waals surface area contributed by atoms with Crippen molar-refractivity contribution in [3.8, 4) is 0 Å². The fourth-order valence-corrected chi connectivity index (χ4v) is 6.64. The number of carbonyl (C=O) groups is 4. The molecule has 2 amide bonds. The highest BCUT2D eigenvalue weighted by molar-refractivity contribution is 5.77. The largest absolute Gasteiger partial charge is 0.461 e. The maximum Gasteiger partial charge on any atom is 0.306 e. The van der Waals surface area contributed by atoms with Crippen molar-refractivity contribution >= 4 is 23.8 Å². The first kappa shape index (κ1) is 50.8. The van der Waals surface area contributed by atoms with Gasteiger partial charge in [-0.1, -0.05) is 134 Å². The van der Waals surface area contributed by atoms with E-state index in [1.165, 1.54) is 57.8 Å². The van der Waals surface area contributed by atoms with Crippen molar-refractivity contribution in [1.82, 2.24) is 15.5 Å². The average molecular weight is 784 g/mol. The highest BCUT2D eigenvalue weighted by Crippen LogP contribution is 2.16. The van der Waals surface area contributed by atoms with Gasteiger partial charge in [0, 0.05) is 45.3 Å². The maximum atomic E-state index is 12.5. The van der Waals surface area contributed by atoms with Crippen molar-refractivity contribution in [2.45, 2.75) is 201 Å². The second-order valence-corrected chi connectivity index (χ2v) is 15.8. The van der Waals surface area contributed by atoms with Gasteiger partial charge in [-0.25, -0.2) is 0 Å². The quantitative estimate of drug-likeness (QED) is 0.0392. The normalized spacial score (nSPS) is 11.3. The molecule has 0 spiro atoms. The van der Waals surface area contributed by atoms with Gasteiger partial charge >= 0.3 is 11.9 Å². The van der Waals surface area contributed by atoms with Crippen LogP contribution in [0.15, 0.2) is 30.4 Å². The van der Waals surface area contributed by atoms with Crippen molar-refractivity contribution in [1.29, 1.82) is 0 Å². The van der Waals surface area contributed by atoms with E-state index in [4.69, 9.17) is 9.47 Å². The van der Waals surface area contributed by atoms with Crippen LogP contribution in [-0.2, 0) is 48.4 Å². The summed E-state index contributed by atoms with van der Waals surface area (Å²) in [7, 11) is 4.01. The molecule has 56 heavy (non-hydrogen) atoms. The molecular weight excluding hydrogens is 703 g/mol. The van der Waals surface area contributed by atoms with E-state index in [1.54, 1.807) is 0 Å². The minimum Gasteiger partial charge on any atom is -0.461 e. The second kappa shape index (κ2) is 36.2. The molecule has 0 unspecified atom stereocenters. The van der Waals surface area contributed by atoms with Gasteiger partial charge in [-0.15, -0.1) is 0 Å². The van der Waals surface area contributed by atoms with Crippen LogP contribution in [0.3, 0.4) is 0 Å². The summed E-state index contributed by atoms with van der Waals surface area (Å²) in [6, 6.07) is 6.05. The number of hydrogen-bond acceptors (Lipinski definition) is 7. The number of ether oxygens (including phenoxy) is 2. The molecule has 0 fully saturated rings. The summed E-state index contributed by atoms with van der Waals surface area (Å²) in [6.07, 6.45) is 30.1. The van der Waals surface area contributed by atoms with Crippen LogP contribution in [-0.4, -0.2) is 55.8 Å². The molecule has 0 aromatic heterocycles. The van der Waals surface area contributed by atoms with E-state index in [0.29, 0.717) is 32.2 Å². The molecule has 320 valence electrons. The number of unbranched alkanes of at least 4 members (excludes halogenated alkanes) is 18. The standard InChI is InChI=1S/C47H81N3O6/c1-5-7-9-11-13-17-23-29-44(51)48-33-27-21-15-19-25-31-46(53)55-39-42-35-41(38-50(3)4)36-43(37-42)40-56-47(54)32-26-20-16-22-28-34-49-45(52)30-24-18-14-12-10-8-6-2/h17,23,35-37H,5-16,18-22,24-34,38-40H2,1-4H3,(H,48,51)(H,49,52)/b23-17+. The number of esters is 2. The molecule has 0 radical (unpaired) electrons. The fraction of sp³-hybridized carbons (Fsp3) is 0.745. The SMILES string of the molecule is CCCCCC/C=C/CC(=O)NCCCCCCCC(=O)OCc1cc(COC(=O)CCCCCCCNC(=O)CCCCCCCCC)cc(CN(C)C)c1. The summed E-state index contributed by atoms with van der Waals surface area (Å²) < 4.78 is 11.2. The lowest BCUT2D eigenvalue weighted by Gasteiger charge is -2.14. The van der Waals surface area contributed by atoms with E-state index in [1.807, 2.05) is 38.4 Å². The summed E-state index contributed by atoms with van der Waals surface area (Å²) in [5.41, 5.74) is 2.86. The third kappa shape index (κ3) is 31.9. The van der Waals surface area contributed by atoms with Crippen molar-refractivity contribution in [3.05, 3.63) is 47.0 Å². The molecule has 0 aliphatic heterocycles. The van der Waals surface area contributed by atoms with Gasteiger partial charge in [-0.05, 0) is 81.8 Å². The molecule has 0 saturated carbocycles. The van der Waals surface area contributed by atoms with Crippen LogP contribution < -0.4 is 10.6 Å². The first-order chi connectivity index (χ1) is 27.2. The molecule has 0 heterocycles. The van der Waals surface area contributed by atoms with Crippen LogP contribution >= 0.6 is 0 Å². The Balaban J connectivity index is 2.20. The van der Waals surface area contributed by atoms with E-state index in [0.717, 1.165) is 113 Å². The third-order valence-corrected chi connectivity index (χ3v) is 9.87. The van der Waals surface area contributed by atoms with Gasteiger partial charge in [0.2, 0.25) is 11.8 Å². The summed E-state index contributed by atoms with van der Waals surface area (Å²) in [5.74, 6) is -0.152. The predicted molar refractivity (Wildman–Crippen MR) is 230 cm³/mol. The molecular formula is C47H81N3O6. The predicted octanol–water partition coefficient (Wildman–Crippen LogP) is 10.8. The average Bonchev–Trinajstić information content (AvgIpc) is 3.17. The monoisotopic (exact) mass is 784 g/mol. The minimum atomic E-state index is -0.203. The maximum absolute atomic E-state index is 12.5. The Morgan fingerprint density at radius 3 is 1.46 bits per heavy atom. The number of hydrogen-bond donors (Lipinski definition) is 2. The van der Waals surface area contributed by atoms with E-state index in [2.05, 4.69) is 35.5 Å². The van der Waals surface area contributed by atoms with Crippen LogP contribution in [0, 0.1) is 0 Å². The molecule has 1 aromatic rings. The van der Waals surface area contributed by atoms with Gasteiger partial charge < -0.3 is 25.0 Å². The van der Waals surface area contributed by atoms with E-state index < -0.39 is 0 Å². The lowest BCUT2D eigenvalue weighted by Crippen LogP contribution is -2.23. The van der Waals surface area contributed by atoms with Crippen LogP contribution in [0.4, 0.5) is 0 Å². The van der Waals surface area contributed by atoms with Crippen molar-refractivity contribution in [3.63, 3.8) is 0 Å². The number of nitrogens with one attached hydrogen (secondary N) is 2. The summed E-state index contributed by atoms with van der Waals surface area (Å²) in [4.78, 5) is 51.1. The number of allylic oxidation sites excluding steroid dienone is 1. The number of nitrogens with zero attached hydrogens (tertiary/aromatic N) is 1. The Labute approximate surface area is 341 Å². The van der Waals surface area contributed by atoms with Gasteiger partial charge in [0.15, 0.2) is 0 Å². The number of benzene rings is 1. The van der Waals surface area contributed by atoms with Crippen molar-refractivity contribution in [2.75, 3.05) is 27.2 Å². The zero-order valence-electron chi connectivity index (χ0n) is 36.2. The van der Waals surface area contributed by atoms with Crippen LogP contribution in [0.25, 0.3) is 0 Å². The van der Waals surface area contributed by atoms with E-state index in [9.17, 15) is 19.2 Å². The number of carbonyl (C=O) groups excluding carboxylic acids is 4. The summed E-state index contributed by atoms with van der Waals surface area (Å²) in [6.45, 7) is 6.98. The molecule has 9 heteroatoms. The van der Waals surface area contributed by atoms with Gasteiger partial charge in [-0.2, -0.15) is 0 Å². The lowest BCUT2D eigenvalue weighted by molar-refractivity contribution is -0.145. The Morgan fingerprint density at radius 1 is 0.518 bits per heavy atom. The molecule has 0 atom stereocenters. The summed E-state index contributed by atoms with van der Waals surface area (Å²) in [5, 5.41) is 6.04. The third-order valence-electron chi connectivity index (χ3n) is 9.87. The highest BCUT2D eigenvalue weighted by atomic mass is 16.5. The summed E-state index contributed by atoms with van der Waals surface area (Å²) >= 11 is 0. The van der Waals surface area contributed by atoms with E-state index in [-0.39, 0.29) is 37.0 Å². The van der Waals surface area contributed by atoms with Crippen molar-refractivity contribution < 1.29 is 28.7 Å². The molecule has 0 saturated heterocycles. The number of amides is 2. The van der Waals surface area contributed by atoms with Crippen molar-refractivity contribution in [2.24, 2.45) is 0 Å². The smallest absolute Gasteiger partial charge is 0.306 e. The zero-order valence-corrected chi connectivity index (χ0v) is 36.2. The van der Waals surface area contributed by atoms with Crippen LogP contribution in [0.2, 0.25) is 0 Å². The van der Waals surface area contributed by atoms with Gasteiger partial charge in [-0.3, -0.25) is 19.2 Å². The number of rotatable bonds is 37. The lowest BCUT2D eigenvalue weighted by atomic mass is 10.1. The fourth-order valence-electron chi connectivity index (χ4n) is 6.64. The second-order valence-electron chi connectivity index (χ2n) is 15.8. The van der Waals surface area contributed by atoms with Gasteiger partial charge in [0.25, 0.3) is 0 Å². The van der Waals surface area contributed by atoms with Gasteiger partial charge in [0.05, 0.1) is 0 Å². The molecule has 1 rings (SSSR count). The van der Waals surface area contributed by atoms with Crippen LogP contribution in [0.5, 0.6) is 0 Å². The molecule has 0 bridgehead atoms. The Kier molecular flexibility index (Phi) is 32.8. The molecule has 9 nitrogen and oxygen atoms in total. The van der Waals surface area contributed by atoms with Gasteiger partial charge in [0.1, 0.15) is 13.2 Å².